The molecule has 94 valence electrons. The molecule has 0 aliphatic heterocycles. The van der Waals surface area contributed by atoms with E-state index >= 15 is 0 Å². The second kappa shape index (κ2) is 3.83. The molecule has 1 aromatic carbocycles. The molecule has 1 N–H and O–H groups in total. The standard InChI is InChI=1S/C14H16N2O2/c1-3-9-7-13(9)16-8(2)15-11-6-10(14(17)18)4-5-12(11)16/h4-6,9,13H,3,7H2,1-2H3,(H,17,18). The number of fused-ring (bicyclic) bond motifs is 1. The third-order valence-corrected chi connectivity index (χ3v) is 3.85. The zero-order chi connectivity index (χ0) is 12.9. The summed E-state index contributed by atoms with van der Waals surface area (Å²) >= 11 is 0. The number of hydrogen-bond acceptors (Lipinski definition) is 2. The van der Waals surface area contributed by atoms with Crippen LogP contribution in [0.2, 0.25) is 0 Å². The summed E-state index contributed by atoms with van der Waals surface area (Å²) in [7, 11) is 0. The molecular weight excluding hydrogens is 228 g/mol. The van der Waals surface area contributed by atoms with Crippen LogP contribution in [0.3, 0.4) is 0 Å². The number of carboxylic acid groups (broad SMARTS) is 1. The average Bonchev–Trinajstić information content (AvgIpc) is 3.03. The van der Waals surface area contributed by atoms with Crippen molar-refractivity contribution in [2.75, 3.05) is 0 Å². The number of nitrogens with zero attached hydrogens (tertiary/aromatic N) is 2. The number of hydrogen-bond donors (Lipinski definition) is 1. The second-order valence-electron chi connectivity index (χ2n) is 5.01. The second-order valence-corrected chi connectivity index (χ2v) is 5.01. The Morgan fingerprint density at radius 2 is 2.33 bits per heavy atom. The Hall–Kier alpha value is -1.84. The fraction of sp³-hybridized carbons (Fsp3) is 0.429. The van der Waals surface area contributed by atoms with Crippen LogP contribution in [0.5, 0.6) is 0 Å². The summed E-state index contributed by atoms with van der Waals surface area (Å²) < 4.78 is 2.26. The van der Waals surface area contributed by atoms with Gasteiger partial charge >= 0.3 is 5.97 Å². The summed E-state index contributed by atoms with van der Waals surface area (Å²) in [4.78, 5) is 15.4. The maximum Gasteiger partial charge on any atom is 0.335 e. The highest BCUT2D eigenvalue weighted by Gasteiger charge is 2.38. The predicted octanol–water partition coefficient (Wildman–Crippen LogP) is 3.01. The van der Waals surface area contributed by atoms with Crippen molar-refractivity contribution < 1.29 is 9.90 Å². The van der Waals surface area contributed by atoms with Crippen molar-refractivity contribution in [1.82, 2.24) is 9.55 Å². The van der Waals surface area contributed by atoms with Crippen LogP contribution in [-0.2, 0) is 0 Å². The van der Waals surface area contributed by atoms with Crippen molar-refractivity contribution in [3.8, 4) is 0 Å². The van der Waals surface area contributed by atoms with Crippen molar-refractivity contribution in [3.05, 3.63) is 29.6 Å². The highest BCUT2D eigenvalue weighted by atomic mass is 16.4. The van der Waals surface area contributed by atoms with Gasteiger partial charge < -0.3 is 9.67 Å². The topological polar surface area (TPSA) is 55.1 Å². The summed E-state index contributed by atoms with van der Waals surface area (Å²) in [5.74, 6) is 0.829. The first kappa shape index (κ1) is 11.3. The van der Waals surface area contributed by atoms with Crippen molar-refractivity contribution in [3.63, 3.8) is 0 Å². The number of aromatic nitrogens is 2. The van der Waals surface area contributed by atoms with Crippen LogP contribution in [0.4, 0.5) is 0 Å². The smallest absolute Gasteiger partial charge is 0.335 e. The van der Waals surface area contributed by atoms with E-state index in [-0.39, 0.29) is 0 Å². The fourth-order valence-electron chi connectivity index (χ4n) is 2.76. The van der Waals surface area contributed by atoms with Gasteiger partial charge in [-0.05, 0) is 37.5 Å². The third-order valence-electron chi connectivity index (χ3n) is 3.85. The first-order valence-electron chi connectivity index (χ1n) is 6.33. The van der Waals surface area contributed by atoms with Gasteiger partial charge in [0.25, 0.3) is 0 Å². The minimum absolute atomic E-state index is 0.301. The monoisotopic (exact) mass is 244 g/mol. The van der Waals surface area contributed by atoms with Crippen molar-refractivity contribution in [2.45, 2.75) is 32.7 Å². The molecule has 18 heavy (non-hydrogen) atoms. The Morgan fingerprint density at radius 3 is 2.94 bits per heavy atom. The first-order chi connectivity index (χ1) is 8.61. The van der Waals surface area contributed by atoms with Crippen LogP contribution >= 0.6 is 0 Å². The summed E-state index contributed by atoms with van der Waals surface area (Å²) in [6.45, 7) is 4.20. The Labute approximate surface area is 105 Å². The molecule has 1 saturated carbocycles. The van der Waals surface area contributed by atoms with Crippen LogP contribution in [-0.4, -0.2) is 20.6 Å². The molecule has 2 atom stereocenters. The average molecular weight is 244 g/mol. The van der Waals surface area contributed by atoms with Gasteiger partial charge in [0.15, 0.2) is 0 Å². The summed E-state index contributed by atoms with van der Waals surface area (Å²) in [6, 6.07) is 5.75. The van der Waals surface area contributed by atoms with Gasteiger partial charge in [0.05, 0.1) is 16.6 Å². The molecule has 1 heterocycles. The molecule has 2 unspecified atom stereocenters. The lowest BCUT2D eigenvalue weighted by atomic mass is 10.2. The van der Waals surface area contributed by atoms with Crippen LogP contribution in [0.15, 0.2) is 18.2 Å². The summed E-state index contributed by atoms with van der Waals surface area (Å²) in [6.07, 6.45) is 2.40. The van der Waals surface area contributed by atoms with Gasteiger partial charge in [-0.25, -0.2) is 9.78 Å². The lowest BCUT2D eigenvalue weighted by molar-refractivity contribution is 0.0697. The molecule has 1 fully saturated rings. The van der Waals surface area contributed by atoms with E-state index in [4.69, 9.17) is 5.11 Å². The van der Waals surface area contributed by atoms with Gasteiger partial charge in [0.1, 0.15) is 5.82 Å². The Balaban J connectivity index is 2.10. The molecule has 4 nitrogen and oxygen atoms in total. The highest BCUT2D eigenvalue weighted by Crippen LogP contribution is 2.47. The quantitative estimate of drug-likeness (QED) is 0.902. The lowest BCUT2D eigenvalue weighted by Gasteiger charge is -2.05. The van der Waals surface area contributed by atoms with Crippen molar-refractivity contribution >= 4 is 17.0 Å². The molecule has 0 amide bonds. The molecule has 1 aromatic heterocycles. The number of carboxylic acids is 1. The normalized spacial score (nSPS) is 22.3. The molecule has 0 radical (unpaired) electrons. The number of benzene rings is 1. The molecular formula is C14H16N2O2. The SMILES string of the molecule is CCC1CC1n1c(C)nc2cc(C(=O)O)ccc21. The lowest BCUT2D eigenvalue weighted by Crippen LogP contribution is -1.99. The molecule has 2 aromatic rings. The van der Waals surface area contributed by atoms with E-state index in [1.807, 2.05) is 13.0 Å². The molecule has 0 saturated heterocycles. The number of aromatic carboxylic acids is 1. The van der Waals surface area contributed by atoms with Crippen LogP contribution in [0.25, 0.3) is 11.0 Å². The van der Waals surface area contributed by atoms with E-state index in [2.05, 4.69) is 16.5 Å². The van der Waals surface area contributed by atoms with Crippen molar-refractivity contribution in [2.24, 2.45) is 5.92 Å². The largest absolute Gasteiger partial charge is 0.478 e. The van der Waals surface area contributed by atoms with E-state index in [0.29, 0.717) is 11.6 Å². The van der Waals surface area contributed by atoms with E-state index < -0.39 is 5.97 Å². The van der Waals surface area contributed by atoms with Gasteiger partial charge in [0.2, 0.25) is 0 Å². The summed E-state index contributed by atoms with van der Waals surface area (Å²) in [5.41, 5.74) is 2.14. The van der Waals surface area contributed by atoms with E-state index in [1.54, 1.807) is 12.1 Å². The van der Waals surface area contributed by atoms with Gasteiger partial charge in [-0.1, -0.05) is 13.3 Å². The minimum Gasteiger partial charge on any atom is -0.478 e. The van der Waals surface area contributed by atoms with Crippen molar-refractivity contribution in [1.29, 1.82) is 0 Å². The van der Waals surface area contributed by atoms with Crippen LogP contribution in [0, 0.1) is 12.8 Å². The molecule has 0 bridgehead atoms. The number of carbonyl (C=O) groups is 1. The van der Waals surface area contributed by atoms with E-state index in [9.17, 15) is 4.79 Å². The highest BCUT2D eigenvalue weighted by molar-refractivity contribution is 5.92. The Morgan fingerprint density at radius 1 is 1.56 bits per heavy atom. The van der Waals surface area contributed by atoms with E-state index in [1.165, 1.54) is 12.8 Å². The molecule has 3 rings (SSSR count). The van der Waals surface area contributed by atoms with Crippen LogP contribution in [0.1, 0.15) is 42.0 Å². The first-order valence-corrected chi connectivity index (χ1v) is 6.33. The number of rotatable bonds is 3. The predicted molar refractivity (Wildman–Crippen MR) is 68.9 cm³/mol. The third kappa shape index (κ3) is 1.60. The van der Waals surface area contributed by atoms with Gasteiger partial charge in [-0.3, -0.25) is 0 Å². The van der Waals surface area contributed by atoms with Gasteiger partial charge in [-0.2, -0.15) is 0 Å². The minimum atomic E-state index is -0.901. The fourth-order valence-corrected chi connectivity index (χ4v) is 2.76. The molecule has 0 spiro atoms. The van der Waals surface area contributed by atoms with Crippen LogP contribution < -0.4 is 0 Å². The zero-order valence-electron chi connectivity index (χ0n) is 10.6. The Kier molecular flexibility index (Phi) is 2.40. The Bertz CT molecular complexity index is 630. The maximum absolute atomic E-state index is 10.9. The maximum atomic E-state index is 10.9. The van der Waals surface area contributed by atoms with Gasteiger partial charge in [0, 0.05) is 6.04 Å². The molecule has 4 heteroatoms. The number of imidazole rings is 1. The molecule has 1 aliphatic carbocycles. The molecule has 1 aliphatic rings. The van der Waals surface area contributed by atoms with Gasteiger partial charge in [-0.15, -0.1) is 0 Å². The van der Waals surface area contributed by atoms with E-state index in [0.717, 1.165) is 22.8 Å². The summed E-state index contributed by atoms with van der Waals surface area (Å²) in [5, 5.41) is 8.99. The number of aryl methyl sites for hydroxylation is 1. The zero-order valence-corrected chi connectivity index (χ0v) is 10.6.